The molecular formula is C16H20N2O3S. The molecule has 0 N–H and O–H groups in total. The molecule has 3 rings (SSSR count). The molecule has 22 heavy (non-hydrogen) atoms. The van der Waals surface area contributed by atoms with E-state index in [1.54, 1.807) is 11.8 Å². The minimum atomic E-state index is 0.215. The van der Waals surface area contributed by atoms with Crippen LogP contribution in [0.25, 0.3) is 0 Å². The number of hydrogen-bond donors (Lipinski definition) is 0. The molecule has 1 aromatic carbocycles. The first kappa shape index (κ1) is 15.5. The monoisotopic (exact) mass is 320 g/mol. The Hall–Kier alpha value is -1.37. The number of thioether (sulfide) groups is 1. The summed E-state index contributed by atoms with van der Waals surface area (Å²) >= 11 is 1.56. The first-order valence-corrected chi connectivity index (χ1v) is 8.57. The molecule has 118 valence electrons. The molecule has 0 spiro atoms. The summed E-state index contributed by atoms with van der Waals surface area (Å²) in [7, 11) is 0. The number of aromatic nitrogens is 2. The van der Waals surface area contributed by atoms with Crippen LogP contribution in [-0.4, -0.2) is 35.5 Å². The van der Waals surface area contributed by atoms with Crippen LogP contribution in [-0.2, 0) is 22.3 Å². The summed E-state index contributed by atoms with van der Waals surface area (Å²) in [6.07, 6.45) is 4.00. The number of hydrogen-bond acceptors (Lipinski definition) is 6. The van der Waals surface area contributed by atoms with Crippen molar-refractivity contribution in [2.24, 2.45) is 0 Å². The first-order chi connectivity index (χ1) is 10.9. The SMILES string of the molecule is c1ccc(CCCc2nnc(SC[C@H]3CCOCO3)o2)cc1. The van der Waals surface area contributed by atoms with Gasteiger partial charge in [-0.2, -0.15) is 0 Å². The fourth-order valence-corrected chi connectivity index (χ4v) is 3.13. The van der Waals surface area contributed by atoms with Gasteiger partial charge in [0.2, 0.25) is 5.89 Å². The summed E-state index contributed by atoms with van der Waals surface area (Å²) in [6, 6.07) is 10.4. The highest BCUT2D eigenvalue weighted by Gasteiger charge is 2.16. The van der Waals surface area contributed by atoms with Gasteiger partial charge in [0.1, 0.15) is 6.79 Å². The smallest absolute Gasteiger partial charge is 0.276 e. The van der Waals surface area contributed by atoms with E-state index in [9.17, 15) is 0 Å². The van der Waals surface area contributed by atoms with Gasteiger partial charge >= 0.3 is 0 Å². The largest absolute Gasteiger partial charge is 0.416 e. The molecular weight excluding hydrogens is 300 g/mol. The lowest BCUT2D eigenvalue weighted by molar-refractivity contribution is -0.130. The molecule has 1 saturated heterocycles. The van der Waals surface area contributed by atoms with E-state index in [0.717, 1.165) is 38.0 Å². The summed E-state index contributed by atoms with van der Waals surface area (Å²) in [5.74, 6) is 1.54. The molecule has 1 fully saturated rings. The van der Waals surface area contributed by atoms with Crippen molar-refractivity contribution < 1.29 is 13.9 Å². The standard InChI is InChI=1S/C16H20N2O3S/c1-2-5-13(6-3-1)7-4-8-15-17-18-16(21-15)22-11-14-9-10-19-12-20-14/h1-3,5-6,14H,4,7-12H2/t14-/m1/s1. The van der Waals surface area contributed by atoms with E-state index in [2.05, 4.69) is 34.5 Å². The zero-order valence-corrected chi connectivity index (χ0v) is 13.3. The molecule has 5 nitrogen and oxygen atoms in total. The minimum Gasteiger partial charge on any atom is -0.416 e. The van der Waals surface area contributed by atoms with Crippen molar-refractivity contribution >= 4 is 11.8 Å². The van der Waals surface area contributed by atoms with Crippen LogP contribution in [0.15, 0.2) is 40.0 Å². The fraction of sp³-hybridized carbons (Fsp3) is 0.500. The van der Waals surface area contributed by atoms with Gasteiger partial charge in [-0.05, 0) is 24.8 Å². The summed E-state index contributed by atoms with van der Waals surface area (Å²) < 4.78 is 16.3. The third-order valence-corrected chi connectivity index (χ3v) is 4.46. The Kier molecular flexibility index (Phi) is 5.86. The van der Waals surface area contributed by atoms with Crippen molar-refractivity contribution in [3.63, 3.8) is 0 Å². The van der Waals surface area contributed by atoms with Crippen molar-refractivity contribution in [3.05, 3.63) is 41.8 Å². The van der Waals surface area contributed by atoms with Crippen LogP contribution in [0.5, 0.6) is 0 Å². The van der Waals surface area contributed by atoms with Gasteiger partial charge < -0.3 is 13.9 Å². The molecule has 0 aliphatic carbocycles. The molecule has 6 heteroatoms. The molecule has 0 amide bonds. The van der Waals surface area contributed by atoms with Crippen molar-refractivity contribution in [2.75, 3.05) is 19.2 Å². The number of ether oxygens (including phenoxy) is 2. The van der Waals surface area contributed by atoms with Gasteiger partial charge in [0.25, 0.3) is 5.22 Å². The average Bonchev–Trinajstić information content (AvgIpc) is 3.03. The fourth-order valence-electron chi connectivity index (χ4n) is 2.28. The lowest BCUT2D eigenvalue weighted by Crippen LogP contribution is -2.25. The quantitative estimate of drug-likeness (QED) is 0.731. The first-order valence-electron chi connectivity index (χ1n) is 7.58. The summed E-state index contributed by atoms with van der Waals surface area (Å²) in [4.78, 5) is 0. The predicted molar refractivity (Wildman–Crippen MR) is 83.8 cm³/mol. The maximum Gasteiger partial charge on any atom is 0.276 e. The summed E-state index contributed by atoms with van der Waals surface area (Å²) in [6.45, 7) is 1.15. The Labute approximate surface area is 134 Å². The Morgan fingerprint density at radius 1 is 1.14 bits per heavy atom. The number of rotatable bonds is 7. The zero-order chi connectivity index (χ0) is 15.0. The normalized spacial score (nSPS) is 18.5. The highest BCUT2D eigenvalue weighted by Crippen LogP contribution is 2.21. The minimum absolute atomic E-state index is 0.215. The van der Waals surface area contributed by atoms with E-state index in [0.29, 0.717) is 17.9 Å². The molecule has 0 radical (unpaired) electrons. The van der Waals surface area contributed by atoms with Gasteiger partial charge in [-0.1, -0.05) is 42.1 Å². The average molecular weight is 320 g/mol. The van der Waals surface area contributed by atoms with E-state index in [4.69, 9.17) is 13.9 Å². The lowest BCUT2D eigenvalue weighted by Gasteiger charge is -2.21. The van der Waals surface area contributed by atoms with E-state index >= 15 is 0 Å². The maximum absolute atomic E-state index is 5.67. The van der Waals surface area contributed by atoms with Crippen molar-refractivity contribution in [1.29, 1.82) is 0 Å². The molecule has 1 aliphatic rings. The Morgan fingerprint density at radius 3 is 2.86 bits per heavy atom. The molecule has 2 heterocycles. The van der Waals surface area contributed by atoms with Gasteiger partial charge in [-0.3, -0.25) is 0 Å². The van der Waals surface area contributed by atoms with Gasteiger partial charge in [-0.25, -0.2) is 0 Å². The molecule has 0 saturated carbocycles. The molecule has 1 atom stereocenters. The van der Waals surface area contributed by atoms with Crippen LogP contribution in [0.2, 0.25) is 0 Å². The predicted octanol–water partition coefficient (Wildman–Crippen LogP) is 3.10. The van der Waals surface area contributed by atoms with Crippen LogP contribution in [0.3, 0.4) is 0 Å². The molecule has 1 aliphatic heterocycles. The van der Waals surface area contributed by atoms with Crippen LogP contribution in [0.1, 0.15) is 24.3 Å². The number of aryl methyl sites for hydroxylation is 2. The third-order valence-electron chi connectivity index (χ3n) is 3.51. The highest BCUT2D eigenvalue weighted by molar-refractivity contribution is 7.99. The number of benzene rings is 1. The van der Waals surface area contributed by atoms with E-state index in [1.165, 1.54) is 5.56 Å². The topological polar surface area (TPSA) is 57.4 Å². The molecule has 2 aromatic rings. The second kappa shape index (κ2) is 8.31. The molecule has 0 unspecified atom stereocenters. The van der Waals surface area contributed by atoms with Crippen LogP contribution >= 0.6 is 11.8 Å². The lowest BCUT2D eigenvalue weighted by atomic mass is 10.1. The van der Waals surface area contributed by atoms with Gasteiger partial charge in [-0.15, -0.1) is 10.2 Å². The Morgan fingerprint density at radius 2 is 2.05 bits per heavy atom. The Bertz CT molecular complexity index is 556. The van der Waals surface area contributed by atoms with Crippen molar-refractivity contribution in [1.82, 2.24) is 10.2 Å². The van der Waals surface area contributed by atoms with E-state index < -0.39 is 0 Å². The molecule has 1 aromatic heterocycles. The summed E-state index contributed by atoms with van der Waals surface area (Å²) in [5.41, 5.74) is 1.34. The van der Waals surface area contributed by atoms with Gasteiger partial charge in [0, 0.05) is 12.2 Å². The summed E-state index contributed by atoms with van der Waals surface area (Å²) in [5, 5.41) is 8.82. The van der Waals surface area contributed by atoms with Crippen LogP contribution in [0, 0.1) is 0 Å². The highest BCUT2D eigenvalue weighted by atomic mass is 32.2. The van der Waals surface area contributed by atoms with Crippen LogP contribution in [0.4, 0.5) is 0 Å². The van der Waals surface area contributed by atoms with E-state index in [1.807, 2.05) is 6.07 Å². The van der Waals surface area contributed by atoms with Gasteiger partial charge in [0.15, 0.2) is 0 Å². The van der Waals surface area contributed by atoms with Crippen LogP contribution < -0.4 is 0 Å². The third kappa shape index (κ3) is 4.83. The Balaban J connectivity index is 1.39. The van der Waals surface area contributed by atoms with Crippen molar-refractivity contribution in [2.45, 2.75) is 37.0 Å². The van der Waals surface area contributed by atoms with Crippen molar-refractivity contribution in [3.8, 4) is 0 Å². The molecule has 0 bridgehead atoms. The maximum atomic E-state index is 5.67. The van der Waals surface area contributed by atoms with E-state index in [-0.39, 0.29) is 6.10 Å². The number of nitrogens with zero attached hydrogens (tertiary/aromatic N) is 2. The second-order valence-electron chi connectivity index (χ2n) is 5.22. The van der Waals surface area contributed by atoms with Gasteiger partial charge in [0.05, 0.1) is 12.7 Å². The second-order valence-corrected chi connectivity index (χ2v) is 6.19. The zero-order valence-electron chi connectivity index (χ0n) is 12.4.